The Balaban J connectivity index is 3.95. The van der Waals surface area contributed by atoms with Gasteiger partial charge < -0.3 is 11.1 Å². The fourth-order valence-electron chi connectivity index (χ4n) is 0.560. The minimum absolute atomic E-state index is 0.406. The van der Waals surface area contributed by atoms with E-state index in [1.54, 1.807) is 0 Å². The molecule has 0 spiro atoms. The second kappa shape index (κ2) is 4.91. The van der Waals surface area contributed by atoms with Crippen LogP contribution in [0.3, 0.4) is 0 Å². The maximum Gasteiger partial charge on any atom is 0.239 e. The maximum absolute atomic E-state index is 11.0. The van der Waals surface area contributed by atoms with E-state index in [0.717, 1.165) is 6.26 Å². The first-order valence-electron chi connectivity index (χ1n) is 3.75. The first-order chi connectivity index (χ1) is 6.22. The van der Waals surface area contributed by atoms with E-state index in [4.69, 9.17) is 5.73 Å². The summed E-state index contributed by atoms with van der Waals surface area (Å²) in [4.78, 5) is 21.5. The molecule has 0 heterocycles. The Labute approximate surface area is 82.1 Å². The quantitative estimate of drug-likeness (QED) is 0.478. The van der Waals surface area contributed by atoms with Crippen LogP contribution in [0, 0.1) is 0 Å². The highest BCUT2D eigenvalue weighted by Crippen LogP contribution is 1.79. The molecular formula is C6H13N3O4S. The first kappa shape index (κ1) is 12.8. The molecule has 2 amide bonds. The van der Waals surface area contributed by atoms with E-state index in [-0.39, 0.29) is 0 Å². The molecule has 0 aromatic rings. The standard InChI is InChI=1S/C6H13N3O4S/c1-4(6(7)11)9-5(10)3-8-14(2,12)13/h4,8H,3H2,1-2H3,(H2,7,11)(H,9,10)/t4-/m0/s1. The minimum Gasteiger partial charge on any atom is -0.368 e. The Hall–Kier alpha value is -1.15. The number of hydrogen-bond acceptors (Lipinski definition) is 4. The number of carbonyl (C=O) groups is 2. The third-order valence-electron chi connectivity index (χ3n) is 1.30. The van der Waals surface area contributed by atoms with E-state index in [1.807, 2.05) is 4.72 Å². The normalized spacial score (nSPS) is 13.3. The number of rotatable bonds is 5. The number of amides is 2. The highest BCUT2D eigenvalue weighted by atomic mass is 32.2. The van der Waals surface area contributed by atoms with Gasteiger partial charge >= 0.3 is 0 Å². The minimum atomic E-state index is -3.40. The molecule has 0 aliphatic heterocycles. The zero-order valence-corrected chi connectivity index (χ0v) is 8.72. The van der Waals surface area contributed by atoms with Crippen LogP contribution in [0.1, 0.15) is 6.92 Å². The summed E-state index contributed by atoms with van der Waals surface area (Å²) in [6.45, 7) is 0.997. The van der Waals surface area contributed by atoms with Crippen LogP contribution < -0.4 is 15.8 Å². The molecular weight excluding hydrogens is 210 g/mol. The largest absolute Gasteiger partial charge is 0.368 e. The summed E-state index contributed by atoms with van der Waals surface area (Å²) in [7, 11) is -3.40. The lowest BCUT2D eigenvalue weighted by molar-refractivity contribution is -0.126. The molecule has 8 heteroatoms. The molecule has 82 valence electrons. The molecule has 14 heavy (non-hydrogen) atoms. The van der Waals surface area contributed by atoms with Crippen LogP contribution in [0.4, 0.5) is 0 Å². The van der Waals surface area contributed by atoms with Crippen molar-refractivity contribution in [3.05, 3.63) is 0 Å². The Kier molecular flexibility index (Phi) is 4.51. The van der Waals surface area contributed by atoms with Gasteiger partial charge in [0.2, 0.25) is 21.8 Å². The Morgan fingerprint density at radius 1 is 1.43 bits per heavy atom. The SMILES string of the molecule is C[C@H](NC(=O)CNS(C)(=O)=O)C(N)=O. The summed E-state index contributed by atoms with van der Waals surface area (Å²) in [5.41, 5.74) is 4.87. The monoisotopic (exact) mass is 223 g/mol. The van der Waals surface area contributed by atoms with Crippen LogP contribution >= 0.6 is 0 Å². The molecule has 0 bridgehead atoms. The fourth-order valence-corrected chi connectivity index (χ4v) is 0.954. The van der Waals surface area contributed by atoms with Gasteiger partial charge in [-0.15, -0.1) is 0 Å². The van der Waals surface area contributed by atoms with Crippen LogP contribution in [-0.4, -0.2) is 39.1 Å². The van der Waals surface area contributed by atoms with Gasteiger partial charge in [-0.2, -0.15) is 0 Å². The average molecular weight is 223 g/mol. The van der Waals surface area contributed by atoms with Crippen molar-refractivity contribution in [1.82, 2.24) is 10.0 Å². The van der Waals surface area contributed by atoms with Gasteiger partial charge in [0.1, 0.15) is 6.04 Å². The number of nitrogens with one attached hydrogen (secondary N) is 2. The van der Waals surface area contributed by atoms with E-state index in [0.29, 0.717) is 0 Å². The predicted octanol–water partition coefficient (Wildman–Crippen LogP) is -2.47. The second-order valence-electron chi connectivity index (χ2n) is 2.78. The second-order valence-corrected chi connectivity index (χ2v) is 4.62. The summed E-state index contributed by atoms with van der Waals surface area (Å²) in [6.07, 6.45) is 0.928. The topological polar surface area (TPSA) is 118 Å². The van der Waals surface area contributed by atoms with Crippen molar-refractivity contribution in [1.29, 1.82) is 0 Å². The first-order valence-corrected chi connectivity index (χ1v) is 5.65. The molecule has 0 saturated heterocycles. The third-order valence-corrected chi connectivity index (χ3v) is 1.97. The van der Waals surface area contributed by atoms with Crippen LogP contribution in [0.2, 0.25) is 0 Å². The van der Waals surface area contributed by atoms with Gasteiger partial charge in [0.15, 0.2) is 0 Å². The van der Waals surface area contributed by atoms with Crippen molar-refractivity contribution in [2.45, 2.75) is 13.0 Å². The Morgan fingerprint density at radius 3 is 2.29 bits per heavy atom. The zero-order chi connectivity index (χ0) is 11.4. The molecule has 0 unspecified atom stereocenters. The van der Waals surface area contributed by atoms with Gasteiger partial charge in [-0.05, 0) is 6.92 Å². The number of primary amides is 1. The Morgan fingerprint density at radius 2 is 1.93 bits per heavy atom. The molecule has 1 atom stereocenters. The third kappa shape index (κ3) is 6.38. The van der Waals surface area contributed by atoms with E-state index in [9.17, 15) is 18.0 Å². The average Bonchev–Trinajstić information content (AvgIpc) is 1.99. The summed E-state index contributed by atoms with van der Waals surface area (Å²) < 4.78 is 23.1. The molecule has 4 N–H and O–H groups in total. The smallest absolute Gasteiger partial charge is 0.239 e. The molecule has 0 fully saturated rings. The molecule has 0 aromatic heterocycles. The number of nitrogens with two attached hydrogens (primary N) is 1. The lowest BCUT2D eigenvalue weighted by Crippen LogP contribution is -2.46. The van der Waals surface area contributed by atoms with Gasteiger partial charge in [0.05, 0.1) is 12.8 Å². The van der Waals surface area contributed by atoms with Gasteiger partial charge in [0, 0.05) is 0 Å². The maximum atomic E-state index is 11.0. The van der Waals surface area contributed by atoms with E-state index in [2.05, 4.69) is 5.32 Å². The van der Waals surface area contributed by atoms with Gasteiger partial charge in [-0.25, -0.2) is 13.1 Å². The molecule has 0 aliphatic carbocycles. The highest BCUT2D eigenvalue weighted by Gasteiger charge is 2.12. The number of hydrogen-bond donors (Lipinski definition) is 3. The fraction of sp³-hybridized carbons (Fsp3) is 0.667. The van der Waals surface area contributed by atoms with Crippen molar-refractivity contribution in [3.8, 4) is 0 Å². The number of carbonyl (C=O) groups excluding carboxylic acids is 2. The summed E-state index contributed by atoms with van der Waals surface area (Å²) in [5, 5.41) is 2.21. The van der Waals surface area contributed by atoms with Crippen molar-refractivity contribution in [3.63, 3.8) is 0 Å². The van der Waals surface area contributed by atoms with Crippen LogP contribution in [0.15, 0.2) is 0 Å². The Bertz CT molecular complexity index is 324. The van der Waals surface area contributed by atoms with Crippen molar-refractivity contribution in [2.75, 3.05) is 12.8 Å². The molecule has 0 rings (SSSR count). The van der Waals surface area contributed by atoms with Crippen molar-refractivity contribution >= 4 is 21.8 Å². The van der Waals surface area contributed by atoms with E-state index < -0.39 is 34.4 Å². The lowest BCUT2D eigenvalue weighted by atomic mass is 10.3. The van der Waals surface area contributed by atoms with Gasteiger partial charge in [-0.1, -0.05) is 0 Å². The number of sulfonamides is 1. The van der Waals surface area contributed by atoms with Crippen LogP contribution in [0.5, 0.6) is 0 Å². The van der Waals surface area contributed by atoms with Gasteiger partial charge in [0.25, 0.3) is 0 Å². The van der Waals surface area contributed by atoms with Gasteiger partial charge in [-0.3, -0.25) is 9.59 Å². The molecule has 0 aromatic carbocycles. The lowest BCUT2D eigenvalue weighted by Gasteiger charge is -2.09. The van der Waals surface area contributed by atoms with E-state index in [1.165, 1.54) is 6.92 Å². The molecule has 0 radical (unpaired) electrons. The zero-order valence-electron chi connectivity index (χ0n) is 7.90. The van der Waals surface area contributed by atoms with Crippen LogP contribution in [-0.2, 0) is 19.6 Å². The predicted molar refractivity (Wildman–Crippen MR) is 49.6 cm³/mol. The summed E-state index contributed by atoms with van der Waals surface area (Å²) in [5.74, 6) is -1.29. The summed E-state index contributed by atoms with van der Waals surface area (Å²) >= 11 is 0. The van der Waals surface area contributed by atoms with Crippen molar-refractivity contribution in [2.24, 2.45) is 5.73 Å². The van der Waals surface area contributed by atoms with Crippen LogP contribution in [0.25, 0.3) is 0 Å². The molecule has 0 aliphatic rings. The van der Waals surface area contributed by atoms with Crippen molar-refractivity contribution < 1.29 is 18.0 Å². The highest BCUT2D eigenvalue weighted by molar-refractivity contribution is 7.88. The molecule has 0 saturated carbocycles. The summed E-state index contributed by atoms with van der Waals surface area (Å²) in [6, 6.07) is -0.816. The van der Waals surface area contributed by atoms with E-state index >= 15 is 0 Å². The molecule has 7 nitrogen and oxygen atoms in total.